The third kappa shape index (κ3) is 5.08. The molecule has 2 aromatic carbocycles. The Kier molecular flexibility index (Phi) is 8.40. The summed E-state index contributed by atoms with van der Waals surface area (Å²) in [5.74, 6) is 0. The maximum Gasteiger partial charge on any atom is 0.501 e. The maximum absolute atomic E-state index is 13.2. The zero-order valence-corrected chi connectivity index (χ0v) is 27.0. The molecular weight excluding hydrogens is 721 g/mol. The number of anilines is 1. The van der Waals surface area contributed by atoms with Crippen LogP contribution in [0.2, 0.25) is 0 Å². The van der Waals surface area contributed by atoms with Gasteiger partial charge >= 0.3 is 11.0 Å². The van der Waals surface area contributed by atoms with Gasteiger partial charge in [0.15, 0.2) is 5.71 Å². The number of fused-ring (bicyclic) bond motifs is 2. The van der Waals surface area contributed by atoms with Crippen LogP contribution in [0.15, 0.2) is 70.1 Å². The van der Waals surface area contributed by atoms with E-state index >= 15 is 0 Å². The van der Waals surface area contributed by atoms with E-state index in [1.165, 1.54) is 12.1 Å². The summed E-state index contributed by atoms with van der Waals surface area (Å²) in [4.78, 5) is 0.0362. The van der Waals surface area contributed by atoms with Crippen molar-refractivity contribution in [2.45, 2.75) is 59.3 Å². The second-order valence-electron chi connectivity index (χ2n) is 10.9. The van der Waals surface area contributed by atoms with E-state index in [0.717, 1.165) is 24.3 Å². The van der Waals surface area contributed by atoms with Gasteiger partial charge in [-0.3, -0.25) is 0 Å². The van der Waals surface area contributed by atoms with Crippen LogP contribution in [-0.4, -0.2) is 52.2 Å². The van der Waals surface area contributed by atoms with Crippen LogP contribution in [0.4, 0.5) is 37.7 Å². The van der Waals surface area contributed by atoms with Crippen LogP contribution in [0.5, 0.6) is 0 Å². The van der Waals surface area contributed by atoms with Gasteiger partial charge in [-0.25, -0.2) is 16.8 Å². The first-order chi connectivity index (χ1) is 18.5. The number of allylic oxidation sites excluding steroid dienone is 4. The molecule has 2 heterocycles. The van der Waals surface area contributed by atoms with Gasteiger partial charge < -0.3 is 28.9 Å². The highest BCUT2D eigenvalue weighted by molar-refractivity contribution is 7.92. The molecular formula is C27H27F6IN2O4S2. The Hall–Kier alpha value is -2.40. The van der Waals surface area contributed by atoms with Gasteiger partial charge in [0.2, 0.25) is 5.69 Å². The predicted molar refractivity (Wildman–Crippen MR) is 142 cm³/mol. The Morgan fingerprint density at radius 3 is 1.76 bits per heavy atom. The minimum absolute atomic E-state index is 0. The lowest BCUT2D eigenvalue weighted by Crippen LogP contribution is -3.00. The molecule has 0 radical (unpaired) electrons. The van der Waals surface area contributed by atoms with Gasteiger partial charge in [-0.15, -0.1) is 0 Å². The van der Waals surface area contributed by atoms with Crippen molar-refractivity contribution in [2.75, 3.05) is 19.0 Å². The fourth-order valence-corrected chi connectivity index (χ4v) is 7.04. The average molecular weight is 749 g/mol. The SMILES string of the molecule is CN1/C(=C/C=C/C2=[N+](C)c3ccc(S(=O)(=O)C(F)(F)F)cc3C2(C)C)C(C)(C)c2cc(S(=O)(=O)C(F)(F)F)ccc21.[I-]. The van der Waals surface area contributed by atoms with Gasteiger partial charge in [0, 0.05) is 41.6 Å². The summed E-state index contributed by atoms with van der Waals surface area (Å²) in [5, 5.41) is 0. The van der Waals surface area contributed by atoms with Crippen molar-refractivity contribution < 1.29 is 71.7 Å². The number of likely N-dealkylation sites (N-methyl/N-ethyl adjacent to an activating group) is 1. The van der Waals surface area contributed by atoms with Crippen molar-refractivity contribution in [1.82, 2.24) is 0 Å². The summed E-state index contributed by atoms with van der Waals surface area (Å²) in [5.41, 5.74) is -9.48. The largest absolute Gasteiger partial charge is 1.00 e. The van der Waals surface area contributed by atoms with E-state index in [2.05, 4.69) is 0 Å². The van der Waals surface area contributed by atoms with Gasteiger partial charge in [-0.05, 0) is 55.8 Å². The van der Waals surface area contributed by atoms with Crippen LogP contribution >= 0.6 is 0 Å². The number of halogens is 7. The summed E-state index contributed by atoms with van der Waals surface area (Å²) in [6.07, 6.45) is 5.12. The van der Waals surface area contributed by atoms with Crippen molar-refractivity contribution in [2.24, 2.45) is 0 Å². The molecule has 0 aliphatic carbocycles. The van der Waals surface area contributed by atoms with Crippen molar-refractivity contribution in [3.8, 4) is 0 Å². The highest BCUT2D eigenvalue weighted by Crippen LogP contribution is 2.48. The number of nitrogens with zero attached hydrogens (tertiary/aromatic N) is 2. The first-order valence-corrected chi connectivity index (χ1v) is 15.1. The van der Waals surface area contributed by atoms with Crippen molar-refractivity contribution >= 4 is 36.8 Å². The normalized spacial score (nSPS) is 19.3. The molecule has 0 aromatic heterocycles. The molecule has 2 aliphatic heterocycles. The van der Waals surface area contributed by atoms with Crippen LogP contribution in [0.25, 0.3) is 0 Å². The Morgan fingerprint density at radius 1 is 0.786 bits per heavy atom. The van der Waals surface area contributed by atoms with Crippen LogP contribution in [0, 0.1) is 0 Å². The number of hydrogen-bond donors (Lipinski definition) is 0. The quantitative estimate of drug-likeness (QED) is 0.273. The molecule has 0 amide bonds. The van der Waals surface area contributed by atoms with Gasteiger partial charge in [0.05, 0.1) is 15.2 Å². The summed E-state index contributed by atoms with van der Waals surface area (Å²) in [6.45, 7) is 6.99. The van der Waals surface area contributed by atoms with E-state index < -0.39 is 51.3 Å². The summed E-state index contributed by atoms with van der Waals surface area (Å²) in [6, 6.07) is 6.56. The lowest BCUT2D eigenvalue weighted by Gasteiger charge is -2.24. The van der Waals surface area contributed by atoms with E-state index in [1.54, 1.807) is 69.5 Å². The standard InChI is InChI=1S/C27H27F6N2O4S2.HI/c1-24(2)18-14-16(40(36,37)26(28,29)30)10-12-20(18)34(5)22(24)8-7-9-23-25(3,4)19-15-17(11-13-21(19)35(23)6)41(38,39)27(31,32)33;/h7-15H,1-6H3;1H/q+1;/p-1. The van der Waals surface area contributed by atoms with Crippen molar-refractivity contribution in [1.29, 1.82) is 0 Å². The minimum atomic E-state index is -5.54. The van der Waals surface area contributed by atoms with E-state index in [4.69, 9.17) is 0 Å². The monoisotopic (exact) mass is 748 g/mol. The maximum atomic E-state index is 13.2. The molecule has 15 heteroatoms. The zero-order valence-electron chi connectivity index (χ0n) is 23.2. The Bertz CT molecular complexity index is 1770. The molecule has 0 bridgehead atoms. The lowest BCUT2D eigenvalue weighted by molar-refractivity contribution is -0.401. The number of alkyl halides is 6. The van der Waals surface area contributed by atoms with E-state index in [-0.39, 0.29) is 24.0 Å². The summed E-state index contributed by atoms with van der Waals surface area (Å²) >= 11 is 0. The van der Waals surface area contributed by atoms with Gasteiger partial charge in [0.1, 0.15) is 7.05 Å². The predicted octanol–water partition coefficient (Wildman–Crippen LogP) is 3.15. The molecule has 42 heavy (non-hydrogen) atoms. The molecule has 0 spiro atoms. The van der Waals surface area contributed by atoms with Crippen LogP contribution < -0.4 is 28.9 Å². The lowest BCUT2D eigenvalue weighted by atomic mass is 9.81. The molecule has 6 nitrogen and oxygen atoms in total. The third-order valence-corrected chi connectivity index (χ3v) is 10.7. The molecule has 0 saturated heterocycles. The number of benzene rings is 2. The van der Waals surface area contributed by atoms with E-state index in [9.17, 15) is 43.2 Å². The molecule has 0 fully saturated rings. The number of hydrogen-bond acceptors (Lipinski definition) is 5. The van der Waals surface area contributed by atoms with Gasteiger partial charge in [0.25, 0.3) is 19.7 Å². The van der Waals surface area contributed by atoms with Crippen molar-refractivity contribution in [3.05, 3.63) is 71.5 Å². The Balaban J connectivity index is 0.00000484. The molecule has 230 valence electrons. The first kappa shape index (κ1) is 34.1. The first-order valence-electron chi connectivity index (χ1n) is 12.1. The fraction of sp³-hybridized carbons (Fsp3) is 0.370. The highest BCUT2D eigenvalue weighted by Gasteiger charge is 2.50. The molecule has 0 saturated carbocycles. The highest BCUT2D eigenvalue weighted by atomic mass is 127. The van der Waals surface area contributed by atoms with Crippen LogP contribution in [0.1, 0.15) is 38.8 Å². The molecule has 0 N–H and O–H groups in total. The zero-order chi connectivity index (χ0) is 31.1. The third-order valence-electron chi connectivity index (χ3n) is 7.75. The number of sulfone groups is 2. The molecule has 0 atom stereocenters. The second kappa shape index (κ2) is 10.4. The van der Waals surface area contributed by atoms with Crippen LogP contribution in [-0.2, 0) is 30.5 Å². The summed E-state index contributed by atoms with van der Waals surface area (Å²) in [7, 11) is -7.68. The van der Waals surface area contributed by atoms with E-state index in [1.807, 2.05) is 0 Å². The molecule has 4 rings (SSSR count). The Morgan fingerprint density at radius 2 is 1.26 bits per heavy atom. The Labute approximate surface area is 257 Å². The smallest absolute Gasteiger partial charge is 0.501 e. The topological polar surface area (TPSA) is 74.5 Å². The molecule has 2 aromatic rings. The van der Waals surface area contributed by atoms with Crippen molar-refractivity contribution in [3.63, 3.8) is 0 Å². The second-order valence-corrected chi connectivity index (χ2v) is 14.8. The average Bonchev–Trinajstić information content (AvgIpc) is 3.15. The molecule has 2 aliphatic rings. The van der Waals surface area contributed by atoms with Gasteiger partial charge in [-0.1, -0.05) is 19.9 Å². The van der Waals surface area contributed by atoms with Crippen LogP contribution in [0.3, 0.4) is 0 Å². The number of rotatable bonds is 4. The molecule has 0 unspecified atom stereocenters. The van der Waals surface area contributed by atoms with E-state index in [0.29, 0.717) is 33.9 Å². The minimum Gasteiger partial charge on any atom is -1.00 e. The fourth-order valence-electron chi connectivity index (χ4n) is 5.46. The van der Waals surface area contributed by atoms with Gasteiger partial charge in [-0.2, -0.15) is 30.9 Å². The summed E-state index contributed by atoms with van der Waals surface area (Å²) < 4.78 is 129.